The molecule has 0 fully saturated rings. The first kappa shape index (κ1) is 23.2. The van der Waals surface area contributed by atoms with Crippen LogP contribution in [0.5, 0.6) is 0 Å². The molecule has 5 nitrogen and oxygen atoms in total. The van der Waals surface area contributed by atoms with Crippen LogP contribution in [0.15, 0.2) is 0 Å². The van der Waals surface area contributed by atoms with Crippen molar-refractivity contribution in [2.24, 2.45) is 5.41 Å². The second-order valence-corrected chi connectivity index (χ2v) is 6.47. The Balaban J connectivity index is 0. The van der Waals surface area contributed by atoms with E-state index < -0.39 is 17.4 Å². The van der Waals surface area contributed by atoms with Crippen molar-refractivity contribution >= 4 is 11.9 Å². The summed E-state index contributed by atoms with van der Waals surface area (Å²) >= 11 is 0. The van der Waals surface area contributed by atoms with Crippen LogP contribution in [0.2, 0.25) is 0 Å². The third-order valence-electron chi connectivity index (χ3n) is 3.86. The third kappa shape index (κ3) is 8.37. The van der Waals surface area contributed by atoms with E-state index in [1.54, 1.807) is 0 Å². The van der Waals surface area contributed by atoms with Crippen molar-refractivity contribution < 1.29 is 24.3 Å². The molecule has 0 aromatic carbocycles. The maximum atomic E-state index is 10.1. The Hall–Kier alpha value is -1.10. The molecule has 0 aliphatic heterocycles. The lowest BCUT2D eigenvalue weighted by Crippen LogP contribution is -2.50. The van der Waals surface area contributed by atoms with Crippen molar-refractivity contribution in [2.45, 2.75) is 67.2 Å². The second kappa shape index (κ2) is 11.5. The summed E-state index contributed by atoms with van der Waals surface area (Å²) < 4.78 is 1.38. The lowest BCUT2D eigenvalue weighted by molar-refractivity contribution is -0.928. The van der Waals surface area contributed by atoms with Crippen LogP contribution in [-0.4, -0.2) is 52.8 Å². The van der Waals surface area contributed by atoms with Gasteiger partial charge in [0.05, 0.1) is 26.2 Å². The average molecular weight is 318 g/mol. The molecule has 0 bridgehead atoms. The van der Waals surface area contributed by atoms with E-state index in [2.05, 4.69) is 27.7 Å². The van der Waals surface area contributed by atoms with Gasteiger partial charge in [-0.05, 0) is 39.5 Å². The van der Waals surface area contributed by atoms with E-state index in [9.17, 15) is 9.59 Å². The number of hydrogen-bond acceptors (Lipinski definition) is 2. The maximum absolute atomic E-state index is 10.1. The highest BCUT2D eigenvalue weighted by atomic mass is 16.4. The number of quaternary nitrogens is 1. The Kier molecular flexibility index (Phi) is 12.1. The Bertz CT molecular complexity index is 281. The monoisotopic (exact) mass is 318 g/mol. The summed E-state index contributed by atoms with van der Waals surface area (Å²) in [6.07, 6.45) is 5.33. The number of aliphatic carboxylic acids is 2. The molecule has 0 saturated carbocycles. The zero-order chi connectivity index (χ0) is 17.8. The fraction of sp³-hybridized carbons (Fsp3) is 0.882. The van der Waals surface area contributed by atoms with Gasteiger partial charge >= 0.3 is 11.9 Å². The van der Waals surface area contributed by atoms with E-state index in [-0.39, 0.29) is 0 Å². The topological polar surface area (TPSA) is 74.6 Å². The molecular formula is C17H36NO4+. The second-order valence-electron chi connectivity index (χ2n) is 6.47. The lowest BCUT2D eigenvalue weighted by Gasteiger charge is -2.38. The summed E-state index contributed by atoms with van der Waals surface area (Å²) in [7, 11) is 0. The van der Waals surface area contributed by atoms with Crippen LogP contribution in [0.4, 0.5) is 0 Å². The number of hydrogen-bond donors (Lipinski definition) is 2. The normalized spacial score (nSPS) is 11.5. The van der Waals surface area contributed by atoms with Crippen LogP contribution < -0.4 is 0 Å². The molecule has 0 aliphatic rings. The third-order valence-corrected chi connectivity index (χ3v) is 3.86. The molecule has 0 aromatic heterocycles. The standard InChI is InChI=1S/C12H28N.C5H8O4/c1-5-9-13(10-6-2,11-7-3)12-8-4;1-5(2,3(6)7)4(8)9/h5-12H2,1-4H3;1-2H3,(H,6,7)(H,8,9)/q+1;. The molecule has 0 saturated heterocycles. The molecule has 0 unspecified atom stereocenters. The van der Waals surface area contributed by atoms with Gasteiger partial charge in [0.1, 0.15) is 0 Å². The molecule has 5 heteroatoms. The van der Waals surface area contributed by atoms with Gasteiger partial charge in [-0.25, -0.2) is 0 Å². The number of rotatable bonds is 10. The van der Waals surface area contributed by atoms with E-state index in [0.29, 0.717) is 0 Å². The van der Waals surface area contributed by atoms with Gasteiger partial charge in [-0.1, -0.05) is 27.7 Å². The Morgan fingerprint density at radius 2 is 0.955 bits per heavy atom. The predicted molar refractivity (Wildman–Crippen MR) is 89.9 cm³/mol. The van der Waals surface area contributed by atoms with E-state index in [4.69, 9.17) is 10.2 Å². The fourth-order valence-electron chi connectivity index (χ4n) is 2.66. The molecule has 132 valence electrons. The van der Waals surface area contributed by atoms with Crippen LogP contribution >= 0.6 is 0 Å². The zero-order valence-corrected chi connectivity index (χ0v) is 15.3. The SMILES string of the molecule is CC(C)(C(=O)O)C(=O)O.CCC[N+](CCC)(CCC)CCC. The molecule has 22 heavy (non-hydrogen) atoms. The first-order valence-corrected chi connectivity index (χ1v) is 8.45. The minimum atomic E-state index is -1.67. The van der Waals surface area contributed by atoms with Crippen LogP contribution in [0.25, 0.3) is 0 Å². The van der Waals surface area contributed by atoms with Crippen LogP contribution in [-0.2, 0) is 9.59 Å². The maximum Gasteiger partial charge on any atom is 0.320 e. The van der Waals surface area contributed by atoms with Gasteiger partial charge in [-0.3, -0.25) is 9.59 Å². The van der Waals surface area contributed by atoms with Gasteiger partial charge in [0, 0.05) is 0 Å². The number of nitrogens with zero attached hydrogens (tertiary/aromatic N) is 1. The number of carboxylic acids is 2. The van der Waals surface area contributed by atoms with E-state index >= 15 is 0 Å². The molecule has 0 aromatic rings. The zero-order valence-electron chi connectivity index (χ0n) is 15.3. The van der Waals surface area contributed by atoms with Crippen molar-refractivity contribution in [1.29, 1.82) is 0 Å². The van der Waals surface area contributed by atoms with Gasteiger partial charge in [-0.2, -0.15) is 0 Å². The molecule has 0 atom stereocenters. The quantitative estimate of drug-likeness (QED) is 0.476. The summed E-state index contributed by atoms with van der Waals surface area (Å²) in [6, 6.07) is 0. The van der Waals surface area contributed by atoms with Crippen LogP contribution in [0, 0.1) is 5.41 Å². The lowest BCUT2D eigenvalue weighted by atomic mass is 9.95. The highest BCUT2D eigenvalue weighted by molar-refractivity contribution is 5.97. The summed E-state index contributed by atoms with van der Waals surface area (Å²) in [6.45, 7) is 17.1. The molecular weight excluding hydrogens is 282 g/mol. The smallest absolute Gasteiger partial charge is 0.320 e. The highest BCUT2D eigenvalue weighted by Gasteiger charge is 2.35. The Morgan fingerprint density at radius 3 is 1.05 bits per heavy atom. The van der Waals surface area contributed by atoms with Crippen LogP contribution in [0.1, 0.15) is 67.2 Å². The average Bonchev–Trinajstić information content (AvgIpc) is 2.40. The molecule has 0 amide bonds. The van der Waals surface area contributed by atoms with Gasteiger partial charge in [0.25, 0.3) is 0 Å². The minimum Gasteiger partial charge on any atom is -0.480 e. The van der Waals surface area contributed by atoms with Crippen LogP contribution in [0.3, 0.4) is 0 Å². The number of carboxylic acid groups (broad SMARTS) is 2. The van der Waals surface area contributed by atoms with E-state index in [1.165, 1.54) is 56.3 Å². The largest absolute Gasteiger partial charge is 0.480 e. The molecule has 0 spiro atoms. The molecule has 0 rings (SSSR count). The van der Waals surface area contributed by atoms with Crippen molar-refractivity contribution in [3.63, 3.8) is 0 Å². The highest BCUT2D eigenvalue weighted by Crippen LogP contribution is 2.14. The first-order valence-electron chi connectivity index (χ1n) is 8.45. The van der Waals surface area contributed by atoms with Gasteiger partial charge < -0.3 is 14.7 Å². The summed E-state index contributed by atoms with van der Waals surface area (Å²) in [5.41, 5.74) is -1.67. The summed E-state index contributed by atoms with van der Waals surface area (Å²) in [5.74, 6) is -2.65. The van der Waals surface area contributed by atoms with Crippen molar-refractivity contribution in [2.75, 3.05) is 26.2 Å². The van der Waals surface area contributed by atoms with E-state index in [0.717, 1.165) is 13.8 Å². The van der Waals surface area contributed by atoms with Gasteiger partial charge in [0.2, 0.25) is 0 Å². The van der Waals surface area contributed by atoms with Gasteiger partial charge in [0.15, 0.2) is 5.41 Å². The van der Waals surface area contributed by atoms with E-state index in [1.807, 2.05) is 0 Å². The molecule has 0 radical (unpaired) electrons. The Labute approximate surface area is 135 Å². The van der Waals surface area contributed by atoms with Crippen molar-refractivity contribution in [3.05, 3.63) is 0 Å². The number of carbonyl (C=O) groups is 2. The summed E-state index contributed by atoms with van der Waals surface area (Å²) in [4.78, 5) is 20.2. The summed E-state index contributed by atoms with van der Waals surface area (Å²) in [5, 5.41) is 16.5. The fourth-order valence-corrected chi connectivity index (χ4v) is 2.66. The predicted octanol–water partition coefficient (Wildman–Crippen LogP) is 3.63. The molecule has 0 heterocycles. The first-order chi connectivity index (χ1) is 10.1. The Morgan fingerprint density at radius 1 is 0.727 bits per heavy atom. The van der Waals surface area contributed by atoms with Crippen molar-refractivity contribution in [1.82, 2.24) is 0 Å². The molecule has 0 aliphatic carbocycles. The minimum absolute atomic E-state index is 1.14. The molecule has 2 N–H and O–H groups in total. The van der Waals surface area contributed by atoms with Crippen molar-refractivity contribution in [3.8, 4) is 0 Å². The van der Waals surface area contributed by atoms with Gasteiger partial charge in [-0.15, -0.1) is 0 Å².